The maximum Gasteiger partial charge on any atom is 0.417 e. The van der Waals surface area contributed by atoms with E-state index >= 15 is 0 Å². The third kappa shape index (κ3) is 3.71. The third-order valence-corrected chi connectivity index (χ3v) is 5.11. The number of fused-ring (bicyclic) bond motifs is 1. The quantitative estimate of drug-likeness (QED) is 0.672. The van der Waals surface area contributed by atoms with Crippen molar-refractivity contribution in [2.75, 3.05) is 13.1 Å². The molecule has 4 rings (SSSR count). The van der Waals surface area contributed by atoms with Crippen LogP contribution in [0.5, 0.6) is 0 Å². The third-order valence-electron chi connectivity index (χ3n) is 5.11. The molecule has 1 saturated heterocycles. The first kappa shape index (κ1) is 18.8. The topological polar surface area (TPSA) is 67.9 Å². The molecule has 0 saturated carbocycles. The maximum atomic E-state index is 13.6. The van der Waals surface area contributed by atoms with Gasteiger partial charge in [0.2, 0.25) is 0 Å². The number of pyridine rings is 1. The molecule has 0 aliphatic carbocycles. The second-order valence-corrected chi connectivity index (χ2v) is 7.25. The van der Waals surface area contributed by atoms with Crippen LogP contribution < -0.4 is 0 Å². The minimum absolute atomic E-state index is 0.0496. The van der Waals surface area contributed by atoms with E-state index in [9.17, 15) is 13.2 Å². The van der Waals surface area contributed by atoms with Gasteiger partial charge >= 0.3 is 6.18 Å². The van der Waals surface area contributed by atoms with E-state index in [0.29, 0.717) is 24.6 Å². The Morgan fingerprint density at radius 1 is 1.21 bits per heavy atom. The molecule has 1 atom stereocenters. The van der Waals surface area contributed by atoms with Crippen molar-refractivity contribution in [2.45, 2.75) is 45.3 Å². The van der Waals surface area contributed by atoms with Gasteiger partial charge in [-0.15, -0.1) is 0 Å². The number of hydrogen-bond donors (Lipinski definition) is 0. The lowest BCUT2D eigenvalue weighted by molar-refractivity contribution is -0.136. The number of nitrogens with zero attached hydrogens (tertiary/aromatic N) is 5. The zero-order chi connectivity index (χ0) is 19.9. The van der Waals surface area contributed by atoms with Gasteiger partial charge < -0.3 is 4.52 Å². The summed E-state index contributed by atoms with van der Waals surface area (Å²) in [6, 6.07) is 1.16. The standard InChI is InChI=1S/C19H20F3N5O/c1-11-17-15(19(20,21)22)6-16(25-18(17)28-26-11)14-4-3-5-27(10-14)9-13-7-23-12(2)24-8-13/h6-8,14H,3-5,9-10H2,1-2H3/t14-/m1/s1. The predicted octanol–water partition coefficient (Wildman–Crippen LogP) is 4.03. The van der Waals surface area contributed by atoms with Gasteiger partial charge in [-0.3, -0.25) is 4.90 Å². The van der Waals surface area contributed by atoms with Crippen LogP contribution in [0.25, 0.3) is 11.1 Å². The first-order valence-electron chi connectivity index (χ1n) is 9.15. The summed E-state index contributed by atoms with van der Waals surface area (Å²) in [5, 5.41) is 3.62. The SMILES string of the molecule is Cc1ncc(CN2CCC[C@@H](c3cc(C(F)(F)F)c4c(C)noc4n3)C2)cn1. The highest BCUT2D eigenvalue weighted by atomic mass is 19.4. The molecule has 4 heterocycles. The number of hydrogen-bond acceptors (Lipinski definition) is 6. The highest BCUT2D eigenvalue weighted by Crippen LogP contribution is 2.38. The Bertz CT molecular complexity index is 984. The van der Waals surface area contributed by atoms with E-state index in [1.165, 1.54) is 6.92 Å². The van der Waals surface area contributed by atoms with Crippen molar-refractivity contribution >= 4 is 11.1 Å². The molecule has 0 aromatic carbocycles. The van der Waals surface area contributed by atoms with E-state index in [1.807, 2.05) is 6.92 Å². The Kier molecular flexibility index (Phi) is 4.78. The van der Waals surface area contributed by atoms with Gasteiger partial charge in [0.15, 0.2) is 0 Å². The number of halogens is 3. The summed E-state index contributed by atoms with van der Waals surface area (Å²) < 4.78 is 45.9. The van der Waals surface area contributed by atoms with Gasteiger partial charge in [0.05, 0.1) is 16.6 Å². The molecular weight excluding hydrogens is 371 g/mol. The molecule has 0 unspecified atom stereocenters. The van der Waals surface area contributed by atoms with Crippen molar-refractivity contribution in [3.8, 4) is 0 Å². The van der Waals surface area contributed by atoms with Gasteiger partial charge in [-0.05, 0) is 39.3 Å². The minimum atomic E-state index is -4.49. The van der Waals surface area contributed by atoms with Crippen LogP contribution in [0.3, 0.4) is 0 Å². The van der Waals surface area contributed by atoms with Crippen LogP contribution in [-0.2, 0) is 12.7 Å². The largest absolute Gasteiger partial charge is 0.417 e. The molecule has 1 aliphatic heterocycles. The van der Waals surface area contributed by atoms with Crippen molar-refractivity contribution in [3.05, 3.63) is 46.8 Å². The average Bonchev–Trinajstić information content (AvgIpc) is 3.03. The van der Waals surface area contributed by atoms with Crippen LogP contribution in [0.2, 0.25) is 0 Å². The number of aromatic nitrogens is 4. The second-order valence-electron chi connectivity index (χ2n) is 7.25. The molecule has 9 heteroatoms. The molecule has 0 spiro atoms. The van der Waals surface area contributed by atoms with Gasteiger partial charge in [-0.1, -0.05) is 5.16 Å². The zero-order valence-corrected chi connectivity index (χ0v) is 15.6. The Balaban J connectivity index is 1.61. The van der Waals surface area contributed by atoms with Crippen molar-refractivity contribution < 1.29 is 17.7 Å². The number of piperidine rings is 1. The van der Waals surface area contributed by atoms with Gasteiger partial charge in [0.1, 0.15) is 5.82 Å². The fourth-order valence-corrected chi connectivity index (χ4v) is 3.75. The Morgan fingerprint density at radius 3 is 2.68 bits per heavy atom. The van der Waals surface area contributed by atoms with Crippen LogP contribution >= 0.6 is 0 Å². The van der Waals surface area contributed by atoms with Crippen LogP contribution in [0.15, 0.2) is 23.0 Å². The molecule has 0 amide bonds. The highest BCUT2D eigenvalue weighted by molar-refractivity contribution is 5.80. The predicted molar refractivity (Wildman–Crippen MR) is 95.6 cm³/mol. The molecule has 0 bridgehead atoms. The molecule has 3 aromatic rings. The minimum Gasteiger partial charge on any atom is -0.336 e. The van der Waals surface area contributed by atoms with Crippen LogP contribution in [0.4, 0.5) is 13.2 Å². The fourth-order valence-electron chi connectivity index (χ4n) is 3.75. The first-order valence-corrected chi connectivity index (χ1v) is 9.15. The van der Waals surface area contributed by atoms with E-state index in [4.69, 9.17) is 4.52 Å². The lowest BCUT2D eigenvalue weighted by atomic mass is 9.92. The lowest BCUT2D eigenvalue weighted by Gasteiger charge is -2.32. The molecule has 0 radical (unpaired) electrons. The summed E-state index contributed by atoms with van der Waals surface area (Å²) in [6.45, 7) is 5.48. The fraction of sp³-hybridized carbons (Fsp3) is 0.474. The van der Waals surface area contributed by atoms with E-state index in [1.54, 1.807) is 12.4 Å². The smallest absolute Gasteiger partial charge is 0.336 e. The Labute approximate surface area is 159 Å². The summed E-state index contributed by atoms with van der Waals surface area (Å²) >= 11 is 0. The molecule has 3 aromatic heterocycles. The Morgan fingerprint density at radius 2 is 1.96 bits per heavy atom. The average molecular weight is 391 g/mol. The van der Waals surface area contributed by atoms with Gasteiger partial charge in [-0.25, -0.2) is 15.0 Å². The van der Waals surface area contributed by atoms with Crippen molar-refractivity contribution in [2.24, 2.45) is 0 Å². The van der Waals surface area contributed by atoms with E-state index in [2.05, 4.69) is 25.0 Å². The van der Waals surface area contributed by atoms with Gasteiger partial charge in [0, 0.05) is 42.7 Å². The molecule has 1 aliphatic rings. The van der Waals surface area contributed by atoms with Crippen molar-refractivity contribution in [3.63, 3.8) is 0 Å². The molecule has 6 nitrogen and oxygen atoms in total. The second kappa shape index (κ2) is 7.12. The molecule has 28 heavy (non-hydrogen) atoms. The number of alkyl halides is 3. The van der Waals surface area contributed by atoms with Crippen LogP contribution in [-0.4, -0.2) is 38.1 Å². The summed E-state index contributed by atoms with van der Waals surface area (Å²) in [5.41, 5.74) is 0.810. The van der Waals surface area contributed by atoms with E-state index < -0.39 is 11.7 Å². The van der Waals surface area contributed by atoms with Crippen LogP contribution in [0.1, 0.15) is 47.1 Å². The molecule has 0 N–H and O–H groups in total. The van der Waals surface area contributed by atoms with Crippen molar-refractivity contribution in [1.29, 1.82) is 0 Å². The molecule has 1 fully saturated rings. The zero-order valence-electron chi connectivity index (χ0n) is 15.6. The first-order chi connectivity index (χ1) is 13.3. The lowest BCUT2D eigenvalue weighted by Crippen LogP contribution is -2.34. The number of likely N-dealkylation sites (tertiary alicyclic amines) is 1. The van der Waals surface area contributed by atoms with Crippen LogP contribution in [0, 0.1) is 13.8 Å². The number of rotatable bonds is 3. The summed E-state index contributed by atoms with van der Waals surface area (Å²) in [4.78, 5) is 15.0. The van der Waals surface area contributed by atoms with Gasteiger partial charge in [0.25, 0.3) is 5.71 Å². The summed E-state index contributed by atoms with van der Waals surface area (Å²) in [7, 11) is 0. The summed E-state index contributed by atoms with van der Waals surface area (Å²) in [6.07, 6.45) is 0.752. The highest BCUT2D eigenvalue weighted by Gasteiger charge is 2.36. The summed E-state index contributed by atoms with van der Waals surface area (Å²) in [5.74, 6) is 0.607. The number of aryl methyl sites for hydroxylation is 2. The van der Waals surface area contributed by atoms with E-state index in [0.717, 1.165) is 31.0 Å². The maximum absolute atomic E-state index is 13.6. The molecule has 148 valence electrons. The van der Waals surface area contributed by atoms with E-state index in [-0.39, 0.29) is 22.7 Å². The monoisotopic (exact) mass is 391 g/mol. The Hall–Kier alpha value is -2.55. The van der Waals surface area contributed by atoms with Gasteiger partial charge in [-0.2, -0.15) is 13.2 Å². The normalized spacial score (nSPS) is 18.7. The van der Waals surface area contributed by atoms with Crippen molar-refractivity contribution in [1.82, 2.24) is 25.0 Å². The molecular formula is C19H20F3N5O.